The predicted octanol–water partition coefficient (Wildman–Crippen LogP) is 1.80. The van der Waals surface area contributed by atoms with Crippen LogP contribution < -0.4 is 15.8 Å². The van der Waals surface area contributed by atoms with Crippen LogP contribution in [0, 0.1) is 0 Å². The van der Waals surface area contributed by atoms with E-state index in [-0.39, 0.29) is 11.9 Å². The van der Waals surface area contributed by atoms with E-state index in [1.165, 1.54) is 5.56 Å². The molecule has 3 N–H and O–H groups in total. The van der Waals surface area contributed by atoms with E-state index in [1.807, 2.05) is 18.2 Å². The largest absolute Gasteiger partial charge is 0.493 e. The van der Waals surface area contributed by atoms with Crippen LogP contribution in [-0.4, -0.2) is 25.1 Å². The van der Waals surface area contributed by atoms with Gasteiger partial charge in [0.1, 0.15) is 5.75 Å². The second-order valence-electron chi connectivity index (χ2n) is 5.02. The van der Waals surface area contributed by atoms with E-state index in [9.17, 15) is 4.79 Å². The summed E-state index contributed by atoms with van der Waals surface area (Å²) < 4.78 is 5.80. The molecule has 1 aliphatic rings. The summed E-state index contributed by atoms with van der Waals surface area (Å²) in [6.45, 7) is 3.64. The molecule has 0 spiro atoms. The zero-order chi connectivity index (χ0) is 13.7. The first-order chi connectivity index (χ1) is 9.22. The number of carbonyl (C=O) groups excluding carboxylic acids is 1. The Labute approximate surface area is 114 Å². The molecule has 1 heterocycles. The lowest BCUT2D eigenvalue weighted by atomic mass is 9.85. The molecule has 0 aromatic heterocycles. The quantitative estimate of drug-likeness (QED) is 0.850. The van der Waals surface area contributed by atoms with Gasteiger partial charge in [-0.1, -0.05) is 25.1 Å². The molecule has 1 amide bonds. The summed E-state index contributed by atoms with van der Waals surface area (Å²) in [5.74, 6) is 1.02. The summed E-state index contributed by atoms with van der Waals surface area (Å²) in [4.78, 5) is 11.3. The maximum Gasteiger partial charge on any atom is 0.234 e. The predicted molar refractivity (Wildman–Crippen MR) is 75.2 cm³/mol. The Morgan fingerprint density at radius 3 is 3.00 bits per heavy atom. The fourth-order valence-electron chi connectivity index (χ4n) is 2.58. The third kappa shape index (κ3) is 3.47. The SMILES string of the molecule is CCCOc1ccccc1C1CCNC(C(N)=O)C1. The number of ether oxygens (including phenoxy) is 1. The average molecular weight is 262 g/mol. The fraction of sp³-hybridized carbons (Fsp3) is 0.533. The van der Waals surface area contributed by atoms with Crippen molar-refractivity contribution in [2.45, 2.75) is 38.1 Å². The summed E-state index contributed by atoms with van der Waals surface area (Å²) in [5.41, 5.74) is 6.59. The van der Waals surface area contributed by atoms with Crippen LogP contribution in [0.2, 0.25) is 0 Å². The molecule has 1 aromatic carbocycles. The molecular weight excluding hydrogens is 240 g/mol. The number of hydrogen-bond donors (Lipinski definition) is 2. The number of benzene rings is 1. The van der Waals surface area contributed by atoms with Crippen LogP contribution >= 0.6 is 0 Å². The molecule has 1 aliphatic heterocycles. The molecule has 1 aromatic rings. The van der Waals surface area contributed by atoms with E-state index in [2.05, 4.69) is 18.3 Å². The van der Waals surface area contributed by atoms with Crippen molar-refractivity contribution in [3.8, 4) is 5.75 Å². The zero-order valence-electron chi connectivity index (χ0n) is 11.4. The van der Waals surface area contributed by atoms with Gasteiger partial charge in [0.05, 0.1) is 12.6 Å². The minimum absolute atomic E-state index is 0.224. The molecule has 19 heavy (non-hydrogen) atoms. The minimum atomic E-state index is -0.267. The van der Waals surface area contributed by atoms with Crippen LogP contribution in [-0.2, 0) is 4.79 Å². The van der Waals surface area contributed by atoms with Crippen LogP contribution in [0.25, 0.3) is 0 Å². The maximum atomic E-state index is 11.3. The highest BCUT2D eigenvalue weighted by Crippen LogP contribution is 2.34. The number of rotatable bonds is 5. The lowest BCUT2D eigenvalue weighted by molar-refractivity contribution is -0.120. The highest BCUT2D eigenvalue weighted by atomic mass is 16.5. The lowest BCUT2D eigenvalue weighted by Gasteiger charge is -2.29. The molecule has 4 heteroatoms. The number of carbonyl (C=O) groups is 1. The van der Waals surface area contributed by atoms with Crippen LogP contribution in [0.3, 0.4) is 0 Å². The van der Waals surface area contributed by atoms with Gasteiger partial charge in [-0.25, -0.2) is 0 Å². The zero-order valence-corrected chi connectivity index (χ0v) is 11.4. The van der Waals surface area contributed by atoms with Crippen molar-refractivity contribution in [1.82, 2.24) is 5.32 Å². The standard InChI is InChI=1S/C15H22N2O2/c1-2-9-19-14-6-4-3-5-12(14)11-7-8-17-13(10-11)15(16)18/h3-6,11,13,17H,2,7-10H2,1H3,(H2,16,18). The van der Waals surface area contributed by atoms with Crippen molar-refractivity contribution in [3.63, 3.8) is 0 Å². The van der Waals surface area contributed by atoms with Crippen molar-refractivity contribution in [1.29, 1.82) is 0 Å². The Bertz CT molecular complexity index is 434. The molecule has 0 saturated carbocycles. The summed E-state index contributed by atoms with van der Waals surface area (Å²) in [6.07, 6.45) is 2.75. The van der Waals surface area contributed by atoms with E-state index in [0.29, 0.717) is 5.92 Å². The van der Waals surface area contributed by atoms with Crippen molar-refractivity contribution in [2.75, 3.05) is 13.2 Å². The number of nitrogens with one attached hydrogen (secondary N) is 1. The van der Waals surface area contributed by atoms with Gasteiger partial charge in [-0.05, 0) is 43.4 Å². The molecule has 2 rings (SSSR count). The first kappa shape index (κ1) is 13.9. The Balaban J connectivity index is 2.14. The number of para-hydroxylation sites is 1. The second-order valence-corrected chi connectivity index (χ2v) is 5.02. The highest BCUT2D eigenvalue weighted by Gasteiger charge is 2.27. The van der Waals surface area contributed by atoms with Crippen LogP contribution in [0.15, 0.2) is 24.3 Å². The Morgan fingerprint density at radius 2 is 2.26 bits per heavy atom. The van der Waals surface area contributed by atoms with E-state index in [4.69, 9.17) is 10.5 Å². The number of nitrogens with two attached hydrogens (primary N) is 1. The fourth-order valence-corrected chi connectivity index (χ4v) is 2.58. The summed E-state index contributed by atoms with van der Waals surface area (Å²) >= 11 is 0. The van der Waals surface area contributed by atoms with E-state index < -0.39 is 0 Å². The molecule has 104 valence electrons. The number of piperidine rings is 1. The van der Waals surface area contributed by atoms with E-state index >= 15 is 0 Å². The van der Waals surface area contributed by atoms with Gasteiger partial charge >= 0.3 is 0 Å². The molecule has 2 atom stereocenters. The molecule has 0 bridgehead atoms. The Hall–Kier alpha value is -1.55. The molecule has 1 fully saturated rings. The van der Waals surface area contributed by atoms with Crippen molar-refractivity contribution >= 4 is 5.91 Å². The molecule has 2 unspecified atom stereocenters. The molecule has 0 radical (unpaired) electrons. The Morgan fingerprint density at radius 1 is 1.47 bits per heavy atom. The number of hydrogen-bond acceptors (Lipinski definition) is 3. The first-order valence-electron chi connectivity index (χ1n) is 6.96. The van der Waals surface area contributed by atoms with E-state index in [1.54, 1.807) is 0 Å². The number of primary amides is 1. The van der Waals surface area contributed by atoms with Gasteiger partial charge in [0.2, 0.25) is 5.91 Å². The van der Waals surface area contributed by atoms with Gasteiger partial charge in [0, 0.05) is 0 Å². The van der Waals surface area contributed by atoms with Crippen LogP contribution in [0.5, 0.6) is 5.75 Å². The molecule has 4 nitrogen and oxygen atoms in total. The van der Waals surface area contributed by atoms with Gasteiger partial charge in [-0.3, -0.25) is 4.79 Å². The number of amides is 1. The van der Waals surface area contributed by atoms with Crippen molar-refractivity contribution < 1.29 is 9.53 Å². The topological polar surface area (TPSA) is 64.3 Å². The highest BCUT2D eigenvalue weighted by molar-refractivity contribution is 5.80. The maximum absolute atomic E-state index is 11.3. The smallest absolute Gasteiger partial charge is 0.234 e. The second kappa shape index (κ2) is 6.57. The van der Waals surface area contributed by atoms with E-state index in [0.717, 1.165) is 38.2 Å². The van der Waals surface area contributed by atoms with Crippen LogP contribution in [0.4, 0.5) is 0 Å². The average Bonchev–Trinajstić information content (AvgIpc) is 2.45. The first-order valence-corrected chi connectivity index (χ1v) is 6.96. The van der Waals surface area contributed by atoms with Crippen LogP contribution in [0.1, 0.15) is 37.7 Å². The molecule has 1 saturated heterocycles. The summed E-state index contributed by atoms with van der Waals surface area (Å²) in [6, 6.07) is 7.89. The molecule has 0 aliphatic carbocycles. The van der Waals surface area contributed by atoms with Gasteiger partial charge in [0.15, 0.2) is 0 Å². The van der Waals surface area contributed by atoms with Gasteiger partial charge in [-0.2, -0.15) is 0 Å². The summed E-state index contributed by atoms with van der Waals surface area (Å²) in [7, 11) is 0. The normalized spacial score (nSPS) is 23.0. The van der Waals surface area contributed by atoms with Gasteiger partial charge < -0.3 is 15.8 Å². The van der Waals surface area contributed by atoms with Gasteiger partial charge in [0.25, 0.3) is 0 Å². The lowest BCUT2D eigenvalue weighted by Crippen LogP contribution is -2.46. The monoisotopic (exact) mass is 262 g/mol. The van der Waals surface area contributed by atoms with Crippen molar-refractivity contribution in [2.24, 2.45) is 5.73 Å². The Kier molecular flexibility index (Phi) is 4.80. The van der Waals surface area contributed by atoms with Crippen molar-refractivity contribution in [3.05, 3.63) is 29.8 Å². The van der Waals surface area contributed by atoms with Gasteiger partial charge in [-0.15, -0.1) is 0 Å². The molecular formula is C15H22N2O2. The third-order valence-electron chi connectivity index (χ3n) is 3.57. The summed E-state index contributed by atoms with van der Waals surface area (Å²) in [5, 5.41) is 3.17. The minimum Gasteiger partial charge on any atom is -0.493 e. The third-order valence-corrected chi connectivity index (χ3v) is 3.57.